The Labute approximate surface area is 73.3 Å². The lowest BCUT2D eigenvalue weighted by molar-refractivity contribution is 0.989. The van der Waals surface area contributed by atoms with E-state index in [2.05, 4.69) is 10.2 Å². The molecule has 11 heavy (non-hydrogen) atoms. The number of nitrogens with zero attached hydrogens (tertiary/aromatic N) is 2. The fraction of sp³-hybridized carbons (Fsp3) is 0.167. The first kappa shape index (κ1) is 8.43. The molecule has 58 valence electrons. The summed E-state index contributed by atoms with van der Waals surface area (Å²) in [6.07, 6.45) is 2.91. The van der Waals surface area contributed by atoms with E-state index in [1.165, 1.54) is 12.4 Å². The van der Waals surface area contributed by atoms with E-state index in [-0.39, 0.29) is 0 Å². The molecule has 0 spiro atoms. The predicted molar refractivity (Wildman–Crippen MR) is 43.6 cm³/mol. The average molecular weight is 191 g/mol. The van der Waals surface area contributed by atoms with Crippen LogP contribution in [0.5, 0.6) is 0 Å². The van der Waals surface area contributed by atoms with Gasteiger partial charge in [0.15, 0.2) is 5.50 Å². The van der Waals surface area contributed by atoms with Gasteiger partial charge < -0.3 is 0 Å². The summed E-state index contributed by atoms with van der Waals surface area (Å²) in [7, 11) is 0. The number of hydrogen-bond donors (Lipinski definition) is 0. The van der Waals surface area contributed by atoms with Crippen molar-refractivity contribution in [3.05, 3.63) is 34.0 Å². The number of halogens is 2. The second kappa shape index (κ2) is 3.64. The van der Waals surface area contributed by atoms with Crippen LogP contribution in [-0.4, -0.2) is 4.98 Å². The van der Waals surface area contributed by atoms with Crippen LogP contribution in [0.1, 0.15) is 11.1 Å². The third kappa shape index (κ3) is 2.13. The van der Waals surface area contributed by atoms with Crippen molar-refractivity contribution in [3.8, 4) is 0 Å². The quantitative estimate of drug-likeness (QED) is 0.409. The Morgan fingerprint density at radius 1 is 1.55 bits per heavy atom. The van der Waals surface area contributed by atoms with E-state index in [0.717, 1.165) is 0 Å². The van der Waals surface area contributed by atoms with Crippen molar-refractivity contribution in [3.63, 3.8) is 0 Å². The highest BCUT2D eigenvalue weighted by Crippen LogP contribution is 2.22. The molecule has 0 fully saturated rings. The molecular formula is C6H4Cl2N2O. The third-order valence-corrected chi connectivity index (χ3v) is 1.63. The van der Waals surface area contributed by atoms with Crippen molar-refractivity contribution in [1.29, 1.82) is 0 Å². The predicted octanol–water partition coefficient (Wildman–Crippen LogP) is 2.74. The summed E-state index contributed by atoms with van der Waals surface area (Å²) < 4.78 is 0. The zero-order chi connectivity index (χ0) is 8.27. The Kier molecular flexibility index (Phi) is 2.79. The molecule has 0 radical (unpaired) electrons. The molecule has 0 saturated heterocycles. The van der Waals surface area contributed by atoms with E-state index < -0.39 is 5.50 Å². The van der Waals surface area contributed by atoms with Crippen molar-refractivity contribution in [2.45, 2.75) is 5.50 Å². The lowest BCUT2D eigenvalue weighted by Gasteiger charge is -1.98. The second-order valence-corrected chi connectivity index (χ2v) is 2.73. The van der Waals surface area contributed by atoms with Crippen LogP contribution >= 0.6 is 23.2 Å². The summed E-state index contributed by atoms with van der Waals surface area (Å²) in [4.78, 5) is 13.7. The molecule has 1 unspecified atom stereocenters. The Balaban J connectivity index is 2.95. The minimum absolute atomic E-state index is 0.441. The first-order chi connectivity index (χ1) is 5.24. The standard InChI is InChI=1S/C6H4Cl2N2O/c7-5-1-4(2-9-3-5)6(8)10-11/h1-3,6H. The lowest BCUT2D eigenvalue weighted by atomic mass is 10.3. The van der Waals surface area contributed by atoms with Crippen LogP contribution in [0, 0.1) is 4.91 Å². The summed E-state index contributed by atoms with van der Waals surface area (Å²) in [6.45, 7) is 0. The van der Waals surface area contributed by atoms with Gasteiger partial charge >= 0.3 is 0 Å². The van der Waals surface area contributed by atoms with Crippen molar-refractivity contribution in [1.82, 2.24) is 4.98 Å². The fourth-order valence-electron chi connectivity index (χ4n) is 0.619. The van der Waals surface area contributed by atoms with E-state index in [9.17, 15) is 4.91 Å². The fourth-order valence-corrected chi connectivity index (χ4v) is 0.921. The summed E-state index contributed by atoms with van der Waals surface area (Å²) in [6, 6.07) is 1.55. The van der Waals surface area contributed by atoms with E-state index in [0.29, 0.717) is 10.6 Å². The summed E-state index contributed by atoms with van der Waals surface area (Å²) in [5.74, 6) is 0. The summed E-state index contributed by atoms with van der Waals surface area (Å²) in [5, 5.41) is 3.06. The van der Waals surface area contributed by atoms with Gasteiger partial charge in [-0.05, 0) is 11.2 Å². The van der Waals surface area contributed by atoms with Gasteiger partial charge in [0.05, 0.1) is 5.02 Å². The second-order valence-electron chi connectivity index (χ2n) is 1.88. The van der Waals surface area contributed by atoms with Crippen molar-refractivity contribution >= 4 is 23.2 Å². The Bertz CT molecular complexity index is 267. The number of hydrogen-bond acceptors (Lipinski definition) is 3. The van der Waals surface area contributed by atoms with Crippen LogP contribution in [0.3, 0.4) is 0 Å². The Morgan fingerprint density at radius 3 is 2.82 bits per heavy atom. The lowest BCUT2D eigenvalue weighted by Crippen LogP contribution is -1.86. The molecule has 1 aromatic heterocycles. The molecule has 0 N–H and O–H groups in total. The topological polar surface area (TPSA) is 42.3 Å². The number of nitroso groups, excluding NO2 is 1. The largest absolute Gasteiger partial charge is 0.263 e. The molecule has 1 aromatic rings. The van der Waals surface area contributed by atoms with E-state index in [4.69, 9.17) is 23.2 Å². The average Bonchev–Trinajstić information content (AvgIpc) is 2.03. The zero-order valence-corrected chi connectivity index (χ0v) is 6.88. The highest BCUT2D eigenvalue weighted by molar-refractivity contribution is 6.30. The van der Waals surface area contributed by atoms with Crippen LogP contribution in [0.25, 0.3) is 0 Å². The molecule has 1 rings (SSSR count). The zero-order valence-electron chi connectivity index (χ0n) is 5.37. The molecule has 0 bridgehead atoms. The highest BCUT2D eigenvalue weighted by atomic mass is 35.5. The van der Waals surface area contributed by atoms with E-state index in [1.54, 1.807) is 6.07 Å². The minimum atomic E-state index is -0.902. The van der Waals surface area contributed by atoms with Gasteiger partial charge in [0.25, 0.3) is 0 Å². The first-order valence-corrected chi connectivity index (χ1v) is 3.62. The van der Waals surface area contributed by atoms with Gasteiger partial charge in [-0.1, -0.05) is 23.2 Å². The minimum Gasteiger partial charge on any atom is -0.263 e. The van der Waals surface area contributed by atoms with Crippen LogP contribution in [0.2, 0.25) is 5.02 Å². The molecule has 3 nitrogen and oxygen atoms in total. The third-order valence-electron chi connectivity index (χ3n) is 1.09. The molecule has 1 heterocycles. The normalized spacial score (nSPS) is 12.5. The van der Waals surface area contributed by atoms with Gasteiger partial charge in [-0.3, -0.25) is 4.98 Å². The molecule has 0 saturated carbocycles. The molecule has 5 heteroatoms. The molecule has 0 aliphatic carbocycles. The number of aromatic nitrogens is 1. The molecule has 1 atom stereocenters. The summed E-state index contributed by atoms with van der Waals surface area (Å²) in [5.41, 5.74) is -0.393. The molecular weight excluding hydrogens is 187 g/mol. The van der Waals surface area contributed by atoms with Crippen molar-refractivity contribution in [2.24, 2.45) is 5.18 Å². The highest BCUT2D eigenvalue weighted by Gasteiger charge is 2.06. The van der Waals surface area contributed by atoms with Gasteiger partial charge in [-0.25, -0.2) is 0 Å². The van der Waals surface area contributed by atoms with E-state index in [1.807, 2.05) is 0 Å². The number of rotatable bonds is 2. The maximum absolute atomic E-state index is 9.96. The molecule has 0 aliphatic rings. The molecule has 0 amide bonds. The SMILES string of the molecule is O=NC(Cl)c1cncc(Cl)c1. The van der Waals surface area contributed by atoms with Crippen LogP contribution < -0.4 is 0 Å². The van der Waals surface area contributed by atoms with Crippen molar-refractivity contribution < 1.29 is 0 Å². The van der Waals surface area contributed by atoms with Crippen LogP contribution in [0.15, 0.2) is 23.6 Å². The first-order valence-electron chi connectivity index (χ1n) is 2.81. The molecule has 0 aliphatic heterocycles. The monoisotopic (exact) mass is 190 g/mol. The van der Waals surface area contributed by atoms with Gasteiger partial charge in [-0.2, -0.15) is 0 Å². The van der Waals surface area contributed by atoms with Gasteiger partial charge in [-0.15, -0.1) is 4.91 Å². The number of alkyl halides is 1. The van der Waals surface area contributed by atoms with E-state index >= 15 is 0 Å². The van der Waals surface area contributed by atoms with Gasteiger partial charge in [0.1, 0.15) is 0 Å². The van der Waals surface area contributed by atoms with Crippen LogP contribution in [-0.2, 0) is 0 Å². The maximum atomic E-state index is 9.96. The van der Waals surface area contributed by atoms with Crippen LogP contribution in [0.4, 0.5) is 0 Å². The molecule has 0 aromatic carbocycles. The Hall–Kier alpha value is -0.670. The van der Waals surface area contributed by atoms with Gasteiger partial charge in [0.2, 0.25) is 0 Å². The number of pyridine rings is 1. The Morgan fingerprint density at radius 2 is 2.27 bits per heavy atom. The van der Waals surface area contributed by atoms with Crippen molar-refractivity contribution in [2.75, 3.05) is 0 Å². The summed E-state index contributed by atoms with van der Waals surface area (Å²) >= 11 is 11.1. The smallest absolute Gasteiger partial charge is 0.191 e. The van der Waals surface area contributed by atoms with Gasteiger partial charge in [0, 0.05) is 18.0 Å². The maximum Gasteiger partial charge on any atom is 0.191 e.